The van der Waals surface area contributed by atoms with Crippen LogP contribution in [0.15, 0.2) is 18.2 Å². The van der Waals surface area contributed by atoms with Crippen LogP contribution in [-0.4, -0.2) is 28.5 Å². The van der Waals surface area contributed by atoms with Crippen molar-refractivity contribution < 1.29 is 9.13 Å². The van der Waals surface area contributed by atoms with E-state index in [4.69, 9.17) is 4.74 Å². The lowest BCUT2D eigenvalue weighted by Crippen LogP contribution is -2.09. The molecule has 0 aliphatic heterocycles. The summed E-state index contributed by atoms with van der Waals surface area (Å²) in [6.07, 6.45) is 0. The zero-order valence-electron chi connectivity index (χ0n) is 10.9. The number of aromatic nitrogens is 3. The Morgan fingerprint density at radius 2 is 2.16 bits per heavy atom. The number of ether oxygens (including phenoxy) is 1. The SMILES string of the molecule is COCCn1c(CBr)nnc1-c1cc(C)ccc1F. The molecule has 0 saturated carbocycles. The first-order chi connectivity index (χ1) is 9.17. The molecule has 19 heavy (non-hydrogen) atoms. The summed E-state index contributed by atoms with van der Waals surface area (Å²) in [5, 5.41) is 8.74. The second kappa shape index (κ2) is 6.25. The van der Waals surface area contributed by atoms with Gasteiger partial charge in [-0.3, -0.25) is 0 Å². The molecule has 4 nitrogen and oxygen atoms in total. The molecule has 0 saturated heterocycles. The number of alkyl halides is 1. The zero-order valence-corrected chi connectivity index (χ0v) is 12.4. The minimum absolute atomic E-state index is 0.294. The Labute approximate surface area is 119 Å². The molecule has 6 heteroatoms. The summed E-state index contributed by atoms with van der Waals surface area (Å²) in [4.78, 5) is 0. The fraction of sp³-hybridized carbons (Fsp3) is 0.385. The molecule has 0 unspecified atom stereocenters. The van der Waals surface area contributed by atoms with E-state index in [0.29, 0.717) is 29.9 Å². The van der Waals surface area contributed by atoms with E-state index in [9.17, 15) is 4.39 Å². The van der Waals surface area contributed by atoms with Crippen LogP contribution >= 0.6 is 15.9 Å². The van der Waals surface area contributed by atoms with Crippen LogP contribution in [0.5, 0.6) is 0 Å². The van der Waals surface area contributed by atoms with Crippen molar-refractivity contribution in [2.75, 3.05) is 13.7 Å². The highest BCUT2D eigenvalue weighted by Crippen LogP contribution is 2.23. The summed E-state index contributed by atoms with van der Waals surface area (Å²) in [6.45, 7) is 3.04. The Bertz CT molecular complexity index is 571. The maximum absolute atomic E-state index is 13.9. The summed E-state index contributed by atoms with van der Waals surface area (Å²) in [7, 11) is 1.63. The largest absolute Gasteiger partial charge is 0.383 e. The van der Waals surface area contributed by atoms with E-state index in [-0.39, 0.29) is 5.82 Å². The van der Waals surface area contributed by atoms with Gasteiger partial charge in [0, 0.05) is 13.7 Å². The molecular formula is C13H15BrFN3O. The van der Waals surface area contributed by atoms with Gasteiger partial charge >= 0.3 is 0 Å². The first kappa shape index (κ1) is 14.1. The van der Waals surface area contributed by atoms with Gasteiger partial charge in [-0.15, -0.1) is 10.2 Å². The van der Waals surface area contributed by atoms with Gasteiger partial charge in [0.25, 0.3) is 0 Å². The minimum Gasteiger partial charge on any atom is -0.383 e. The van der Waals surface area contributed by atoms with Crippen molar-refractivity contribution in [1.82, 2.24) is 14.8 Å². The summed E-state index contributed by atoms with van der Waals surface area (Å²) >= 11 is 3.36. The number of halogens is 2. The maximum atomic E-state index is 13.9. The molecule has 0 aliphatic rings. The number of methoxy groups -OCH3 is 1. The second-order valence-corrected chi connectivity index (χ2v) is 4.76. The summed E-state index contributed by atoms with van der Waals surface area (Å²) in [6, 6.07) is 4.97. The van der Waals surface area contributed by atoms with Crippen LogP contribution in [0.3, 0.4) is 0 Å². The van der Waals surface area contributed by atoms with Crippen molar-refractivity contribution in [3.05, 3.63) is 35.4 Å². The van der Waals surface area contributed by atoms with E-state index in [0.717, 1.165) is 11.4 Å². The van der Waals surface area contributed by atoms with E-state index >= 15 is 0 Å². The van der Waals surface area contributed by atoms with Gasteiger partial charge in [0.2, 0.25) is 0 Å². The first-order valence-corrected chi connectivity index (χ1v) is 7.03. The van der Waals surface area contributed by atoms with Crippen LogP contribution in [0, 0.1) is 12.7 Å². The molecule has 1 aromatic heterocycles. The molecule has 0 radical (unpaired) electrons. The Hall–Kier alpha value is -1.27. The van der Waals surface area contributed by atoms with Crippen LogP contribution in [0.25, 0.3) is 11.4 Å². The van der Waals surface area contributed by atoms with Crippen LogP contribution in [-0.2, 0) is 16.6 Å². The van der Waals surface area contributed by atoms with E-state index in [2.05, 4.69) is 26.1 Å². The molecule has 0 N–H and O–H groups in total. The molecule has 102 valence electrons. The van der Waals surface area contributed by atoms with Crippen molar-refractivity contribution in [3.63, 3.8) is 0 Å². The lowest BCUT2D eigenvalue weighted by molar-refractivity contribution is 0.187. The van der Waals surface area contributed by atoms with Crippen molar-refractivity contribution in [2.45, 2.75) is 18.8 Å². The van der Waals surface area contributed by atoms with Gasteiger partial charge in [0.1, 0.15) is 11.6 Å². The van der Waals surface area contributed by atoms with Crippen LogP contribution < -0.4 is 0 Å². The highest BCUT2D eigenvalue weighted by atomic mass is 79.9. The van der Waals surface area contributed by atoms with Crippen molar-refractivity contribution >= 4 is 15.9 Å². The standard InChI is InChI=1S/C13H15BrFN3O/c1-9-3-4-11(15)10(7-9)13-17-16-12(8-14)18(13)5-6-19-2/h3-4,7H,5-6,8H2,1-2H3. The Morgan fingerprint density at radius 3 is 2.84 bits per heavy atom. The first-order valence-electron chi connectivity index (χ1n) is 5.91. The average Bonchev–Trinajstić information content (AvgIpc) is 2.81. The van der Waals surface area contributed by atoms with E-state index in [1.807, 2.05) is 11.5 Å². The third-order valence-electron chi connectivity index (χ3n) is 2.83. The molecule has 0 bridgehead atoms. The Kier molecular flexibility index (Phi) is 4.66. The van der Waals surface area contributed by atoms with Crippen molar-refractivity contribution in [3.8, 4) is 11.4 Å². The van der Waals surface area contributed by atoms with Crippen LogP contribution in [0.2, 0.25) is 0 Å². The summed E-state index contributed by atoms with van der Waals surface area (Å²) in [5.41, 5.74) is 1.45. The molecule has 0 atom stereocenters. The van der Waals surface area contributed by atoms with E-state index in [1.165, 1.54) is 6.07 Å². The lowest BCUT2D eigenvalue weighted by atomic mass is 10.1. The second-order valence-electron chi connectivity index (χ2n) is 4.20. The maximum Gasteiger partial charge on any atom is 0.167 e. The molecular weight excluding hydrogens is 313 g/mol. The predicted octanol–water partition coefficient (Wildman–Crippen LogP) is 2.93. The summed E-state index contributed by atoms with van der Waals surface area (Å²) in [5.74, 6) is 0.999. The fourth-order valence-corrected chi connectivity index (χ4v) is 2.28. The van der Waals surface area contributed by atoms with Gasteiger partial charge in [0.15, 0.2) is 5.82 Å². The highest BCUT2D eigenvalue weighted by Gasteiger charge is 2.16. The Balaban J connectivity index is 2.49. The van der Waals surface area contributed by atoms with E-state index < -0.39 is 0 Å². The van der Waals surface area contributed by atoms with E-state index in [1.54, 1.807) is 19.2 Å². The molecule has 2 aromatic rings. The number of benzene rings is 1. The van der Waals surface area contributed by atoms with Gasteiger partial charge in [-0.25, -0.2) is 4.39 Å². The topological polar surface area (TPSA) is 39.9 Å². The normalized spacial score (nSPS) is 10.9. The molecule has 0 spiro atoms. The molecule has 0 amide bonds. The zero-order chi connectivity index (χ0) is 13.8. The third kappa shape index (κ3) is 3.01. The lowest BCUT2D eigenvalue weighted by Gasteiger charge is -2.09. The summed E-state index contributed by atoms with van der Waals surface area (Å²) < 4.78 is 20.9. The van der Waals surface area contributed by atoms with Gasteiger partial charge in [-0.1, -0.05) is 27.6 Å². The van der Waals surface area contributed by atoms with Gasteiger partial charge in [0.05, 0.1) is 17.5 Å². The Morgan fingerprint density at radius 1 is 1.37 bits per heavy atom. The number of hydrogen-bond acceptors (Lipinski definition) is 3. The molecule has 1 heterocycles. The fourth-order valence-electron chi connectivity index (χ4n) is 1.86. The van der Waals surface area contributed by atoms with Crippen LogP contribution in [0.4, 0.5) is 4.39 Å². The predicted molar refractivity (Wildman–Crippen MR) is 74.7 cm³/mol. The number of hydrogen-bond donors (Lipinski definition) is 0. The highest BCUT2D eigenvalue weighted by molar-refractivity contribution is 9.08. The monoisotopic (exact) mass is 327 g/mol. The number of rotatable bonds is 5. The van der Waals surface area contributed by atoms with Gasteiger partial charge in [-0.2, -0.15) is 0 Å². The molecule has 0 aliphatic carbocycles. The molecule has 2 rings (SSSR count). The van der Waals surface area contributed by atoms with Gasteiger partial charge in [-0.05, 0) is 19.1 Å². The average molecular weight is 328 g/mol. The number of nitrogens with zero attached hydrogens (tertiary/aromatic N) is 3. The van der Waals surface area contributed by atoms with Gasteiger partial charge < -0.3 is 9.30 Å². The smallest absolute Gasteiger partial charge is 0.167 e. The van der Waals surface area contributed by atoms with Crippen LogP contribution in [0.1, 0.15) is 11.4 Å². The van der Waals surface area contributed by atoms with Crippen molar-refractivity contribution in [1.29, 1.82) is 0 Å². The quantitative estimate of drug-likeness (QED) is 0.793. The minimum atomic E-state index is -0.294. The van der Waals surface area contributed by atoms with Crippen molar-refractivity contribution in [2.24, 2.45) is 0 Å². The molecule has 1 aromatic carbocycles. The number of aryl methyl sites for hydroxylation is 1. The third-order valence-corrected chi connectivity index (χ3v) is 3.33. The molecule has 0 fully saturated rings.